The summed E-state index contributed by atoms with van der Waals surface area (Å²) >= 11 is 0. The molecule has 0 spiro atoms. The van der Waals surface area contributed by atoms with Crippen molar-refractivity contribution < 1.29 is 4.74 Å². The molecular weight excluding hydrogens is 426 g/mol. The monoisotopic (exact) mass is 461 g/mol. The maximum atomic E-state index is 5.57. The van der Waals surface area contributed by atoms with E-state index in [4.69, 9.17) is 24.8 Å². The van der Waals surface area contributed by atoms with Crippen LogP contribution in [-0.4, -0.2) is 56.9 Å². The summed E-state index contributed by atoms with van der Waals surface area (Å²) < 4.78 is 7.54. The van der Waals surface area contributed by atoms with Crippen molar-refractivity contribution in [2.75, 3.05) is 30.4 Å². The first kappa shape index (κ1) is 21.8. The average Bonchev–Trinajstić information content (AvgIpc) is 3.54. The number of methoxy groups -OCH3 is 1. The number of anilines is 2. The fourth-order valence-electron chi connectivity index (χ4n) is 5.77. The van der Waals surface area contributed by atoms with E-state index in [0.29, 0.717) is 12.1 Å². The molecule has 1 N–H and O–H groups in total. The molecule has 8 heteroatoms. The molecule has 3 aliphatic rings. The van der Waals surface area contributed by atoms with Gasteiger partial charge in [0.1, 0.15) is 23.0 Å². The fourth-order valence-corrected chi connectivity index (χ4v) is 5.77. The molecule has 4 heterocycles. The van der Waals surface area contributed by atoms with Gasteiger partial charge >= 0.3 is 0 Å². The largest absolute Gasteiger partial charge is 0.381 e. The van der Waals surface area contributed by atoms with E-state index in [-0.39, 0.29) is 0 Å². The van der Waals surface area contributed by atoms with Crippen LogP contribution >= 0.6 is 0 Å². The van der Waals surface area contributed by atoms with Crippen LogP contribution in [0, 0.1) is 6.92 Å². The van der Waals surface area contributed by atoms with Gasteiger partial charge in [-0.15, -0.1) is 0 Å². The van der Waals surface area contributed by atoms with Crippen molar-refractivity contribution in [3.05, 3.63) is 29.2 Å². The summed E-state index contributed by atoms with van der Waals surface area (Å²) in [6.45, 7) is 4.19. The number of hydrogen-bond donors (Lipinski definition) is 1. The molecule has 1 saturated carbocycles. The molecule has 3 aromatic heterocycles. The molecule has 1 saturated heterocycles. The molecule has 2 fully saturated rings. The summed E-state index contributed by atoms with van der Waals surface area (Å²) in [4.78, 5) is 17.3. The predicted molar refractivity (Wildman–Crippen MR) is 134 cm³/mol. The fraction of sp³-hybridized carbons (Fsp3) is 0.615. The van der Waals surface area contributed by atoms with Crippen LogP contribution < -0.4 is 10.2 Å². The minimum atomic E-state index is 0.387. The third-order valence-corrected chi connectivity index (χ3v) is 7.75. The summed E-state index contributed by atoms with van der Waals surface area (Å²) in [6, 6.07) is 4.68. The number of ether oxygens (including phenoxy) is 1. The molecule has 1 aliphatic heterocycles. The van der Waals surface area contributed by atoms with Crippen LogP contribution in [0.25, 0.3) is 17.0 Å². The van der Waals surface area contributed by atoms with Gasteiger partial charge in [0.2, 0.25) is 0 Å². The Morgan fingerprint density at radius 3 is 2.38 bits per heavy atom. The summed E-state index contributed by atoms with van der Waals surface area (Å²) in [6.07, 6.45) is 11.7. The molecule has 0 aromatic carbocycles. The van der Waals surface area contributed by atoms with Gasteiger partial charge < -0.3 is 15.0 Å². The molecular formula is C26H35N7O. The van der Waals surface area contributed by atoms with E-state index in [0.717, 1.165) is 91.7 Å². The van der Waals surface area contributed by atoms with E-state index < -0.39 is 0 Å². The normalized spacial score (nSPS) is 22.8. The summed E-state index contributed by atoms with van der Waals surface area (Å²) in [5, 5.41) is 8.81. The molecule has 180 valence electrons. The smallest absolute Gasteiger partial charge is 0.160 e. The first-order valence-electron chi connectivity index (χ1n) is 13.0. The lowest BCUT2D eigenvalue weighted by Crippen LogP contribution is -2.30. The number of rotatable bonds is 5. The first-order chi connectivity index (χ1) is 16.7. The average molecular weight is 462 g/mol. The van der Waals surface area contributed by atoms with Crippen LogP contribution in [0.2, 0.25) is 0 Å². The highest BCUT2D eigenvalue weighted by Crippen LogP contribution is 2.30. The zero-order chi connectivity index (χ0) is 23.1. The lowest BCUT2D eigenvalue weighted by atomic mass is 9.93. The van der Waals surface area contributed by atoms with Crippen molar-refractivity contribution in [2.45, 2.75) is 83.3 Å². The Balaban J connectivity index is 1.38. The number of hydrogen-bond acceptors (Lipinski definition) is 7. The summed E-state index contributed by atoms with van der Waals surface area (Å²) in [5.41, 5.74) is 5.88. The topological polar surface area (TPSA) is 80.5 Å². The minimum absolute atomic E-state index is 0.387. The van der Waals surface area contributed by atoms with Crippen LogP contribution in [0.3, 0.4) is 0 Å². The second-order valence-electron chi connectivity index (χ2n) is 10.1. The number of nitrogens with zero attached hydrogens (tertiary/aromatic N) is 6. The van der Waals surface area contributed by atoms with Gasteiger partial charge in [-0.25, -0.2) is 9.97 Å². The van der Waals surface area contributed by atoms with E-state index in [1.54, 1.807) is 0 Å². The van der Waals surface area contributed by atoms with Crippen molar-refractivity contribution in [1.82, 2.24) is 24.6 Å². The molecule has 0 bridgehead atoms. The Morgan fingerprint density at radius 1 is 0.912 bits per heavy atom. The van der Waals surface area contributed by atoms with E-state index >= 15 is 0 Å². The second-order valence-corrected chi connectivity index (χ2v) is 10.1. The number of aryl methyl sites for hydroxylation is 3. The Hall–Kier alpha value is -2.74. The van der Waals surface area contributed by atoms with Gasteiger partial charge in [0.05, 0.1) is 23.2 Å². The predicted octanol–water partition coefficient (Wildman–Crippen LogP) is 4.34. The molecule has 0 atom stereocenters. The minimum Gasteiger partial charge on any atom is -0.381 e. The van der Waals surface area contributed by atoms with Crippen LogP contribution in [0.4, 0.5) is 11.6 Å². The van der Waals surface area contributed by atoms with Gasteiger partial charge in [0.15, 0.2) is 5.65 Å². The molecule has 0 radical (unpaired) electrons. The quantitative estimate of drug-likeness (QED) is 0.605. The molecule has 34 heavy (non-hydrogen) atoms. The van der Waals surface area contributed by atoms with Gasteiger partial charge in [-0.05, 0) is 71.1 Å². The van der Waals surface area contributed by atoms with Gasteiger partial charge in [0.25, 0.3) is 0 Å². The third kappa shape index (κ3) is 4.13. The highest BCUT2D eigenvalue weighted by molar-refractivity contribution is 5.67. The zero-order valence-corrected chi connectivity index (χ0v) is 20.4. The van der Waals surface area contributed by atoms with Gasteiger partial charge in [-0.3, -0.25) is 4.98 Å². The number of nitrogens with one attached hydrogen (secondary N) is 1. The van der Waals surface area contributed by atoms with Crippen molar-refractivity contribution >= 4 is 17.3 Å². The highest BCUT2D eigenvalue weighted by atomic mass is 16.5. The molecule has 2 aliphatic carbocycles. The van der Waals surface area contributed by atoms with E-state index in [1.807, 2.05) is 11.6 Å². The highest BCUT2D eigenvalue weighted by Gasteiger charge is 2.24. The molecule has 0 unspecified atom stereocenters. The van der Waals surface area contributed by atoms with E-state index in [1.165, 1.54) is 31.4 Å². The van der Waals surface area contributed by atoms with Crippen molar-refractivity contribution in [3.63, 3.8) is 0 Å². The van der Waals surface area contributed by atoms with Gasteiger partial charge in [0, 0.05) is 38.4 Å². The SMILES string of the molecule is CO[C@H]1CC[C@H](Nc2cc(N3CCCC3)nc3cc(-c4nc5c(nc4C)CCCC5)nn23)CC1. The van der Waals surface area contributed by atoms with Crippen LogP contribution in [-0.2, 0) is 17.6 Å². The van der Waals surface area contributed by atoms with Gasteiger partial charge in [-0.2, -0.15) is 9.61 Å². The van der Waals surface area contributed by atoms with Crippen molar-refractivity contribution in [3.8, 4) is 11.4 Å². The molecule has 8 nitrogen and oxygen atoms in total. The molecule has 0 amide bonds. The van der Waals surface area contributed by atoms with Crippen molar-refractivity contribution in [1.29, 1.82) is 0 Å². The zero-order valence-electron chi connectivity index (χ0n) is 20.4. The second kappa shape index (κ2) is 9.13. The van der Waals surface area contributed by atoms with Gasteiger partial charge in [-0.1, -0.05) is 0 Å². The van der Waals surface area contributed by atoms with Crippen molar-refractivity contribution in [2.24, 2.45) is 0 Å². The Morgan fingerprint density at radius 2 is 1.65 bits per heavy atom. The molecule has 3 aromatic rings. The standard InChI is InChI=1S/C26H35N7O/c1-17-26(29-21-8-4-3-7-20(21)27-17)22-15-24-30-23(32-13-5-6-14-32)16-25(33(24)31-22)28-18-9-11-19(34-2)12-10-18/h15-16,18-19,28H,3-14H2,1-2H3/t18-,19-. The number of aromatic nitrogens is 5. The number of fused-ring (bicyclic) bond motifs is 2. The van der Waals surface area contributed by atoms with Crippen LogP contribution in [0.5, 0.6) is 0 Å². The lowest BCUT2D eigenvalue weighted by Gasteiger charge is -2.29. The first-order valence-corrected chi connectivity index (χ1v) is 13.0. The Labute approximate surface area is 201 Å². The third-order valence-electron chi connectivity index (χ3n) is 7.75. The van der Waals surface area contributed by atoms with Crippen LogP contribution in [0.1, 0.15) is 68.4 Å². The summed E-state index contributed by atoms with van der Waals surface area (Å²) in [7, 11) is 1.82. The van der Waals surface area contributed by atoms with E-state index in [9.17, 15) is 0 Å². The summed E-state index contributed by atoms with van der Waals surface area (Å²) in [5.74, 6) is 2.06. The Kier molecular flexibility index (Phi) is 5.85. The van der Waals surface area contributed by atoms with Crippen LogP contribution in [0.15, 0.2) is 12.1 Å². The molecule has 6 rings (SSSR count). The maximum Gasteiger partial charge on any atom is 0.160 e. The maximum absolute atomic E-state index is 5.57. The lowest BCUT2D eigenvalue weighted by molar-refractivity contribution is 0.0681. The van der Waals surface area contributed by atoms with E-state index in [2.05, 4.69) is 29.3 Å². The Bertz CT molecular complexity index is 1180.